The molecule has 1 amide bonds. The summed E-state index contributed by atoms with van der Waals surface area (Å²) in [6, 6.07) is 8.46. The number of para-hydroxylation sites is 1. The first-order valence-corrected chi connectivity index (χ1v) is 9.87. The molecule has 0 unspecified atom stereocenters. The van der Waals surface area contributed by atoms with Crippen LogP contribution < -0.4 is 15.4 Å². The highest BCUT2D eigenvalue weighted by Gasteiger charge is 2.23. The lowest BCUT2D eigenvalue weighted by molar-refractivity contribution is 0.111. The molecule has 0 spiro atoms. The number of methoxy groups -OCH3 is 1. The molecule has 0 aliphatic carbocycles. The van der Waals surface area contributed by atoms with Crippen molar-refractivity contribution in [2.24, 2.45) is 4.99 Å². The van der Waals surface area contributed by atoms with Crippen LogP contribution in [-0.2, 0) is 10.2 Å². The van der Waals surface area contributed by atoms with Crippen molar-refractivity contribution in [3.05, 3.63) is 29.8 Å². The molecule has 0 radical (unpaired) electrons. The number of piperidine rings is 1. The van der Waals surface area contributed by atoms with Crippen LogP contribution in [0, 0.1) is 0 Å². The fraction of sp³-hybridized carbons (Fsp3) is 0.619. The lowest BCUT2D eigenvalue weighted by atomic mass is 9.86. The van der Waals surface area contributed by atoms with Gasteiger partial charge in [0, 0.05) is 26.2 Å². The fourth-order valence-corrected chi connectivity index (χ4v) is 3.27. The zero-order chi connectivity index (χ0) is 20.6. The van der Waals surface area contributed by atoms with Gasteiger partial charge in [0.05, 0.1) is 13.7 Å². The van der Waals surface area contributed by atoms with E-state index in [9.17, 15) is 4.79 Å². The number of carbonyl (C=O) groups is 1. The van der Waals surface area contributed by atoms with Crippen LogP contribution in [0.25, 0.3) is 0 Å². The summed E-state index contributed by atoms with van der Waals surface area (Å²) in [5.41, 5.74) is 1.25. The average molecular weight is 391 g/mol. The Hall–Kier alpha value is -2.44. The highest BCUT2D eigenvalue weighted by Crippen LogP contribution is 2.30. The number of amides is 1. The van der Waals surface area contributed by atoms with Crippen LogP contribution in [0.5, 0.6) is 5.75 Å². The van der Waals surface area contributed by atoms with E-state index in [-0.39, 0.29) is 17.6 Å². The first-order chi connectivity index (χ1) is 13.3. The number of guanidine groups is 1. The van der Waals surface area contributed by atoms with Gasteiger partial charge in [-0.15, -0.1) is 0 Å². The Morgan fingerprint density at radius 1 is 1.25 bits per heavy atom. The number of rotatable bonds is 5. The molecule has 1 aromatic carbocycles. The quantitative estimate of drug-likeness (QED) is 0.459. The molecule has 1 fully saturated rings. The topological polar surface area (TPSA) is 75.2 Å². The fourth-order valence-electron chi connectivity index (χ4n) is 3.27. The molecule has 156 valence electrons. The Labute approximate surface area is 168 Å². The number of ether oxygens (including phenoxy) is 2. The second-order valence-electron chi connectivity index (χ2n) is 7.97. The van der Waals surface area contributed by atoms with Gasteiger partial charge < -0.3 is 25.0 Å². The molecule has 0 bridgehead atoms. The maximum Gasteiger partial charge on any atom is 0.409 e. The van der Waals surface area contributed by atoms with Crippen LogP contribution in [0.3, 0.4) is 0 Å². The van der Waals surface area contributed by atoms with Crippen molar-refractivity contribution in [3.63, 3.8) is 0 Å². The first kappa shape index (κ1) is 21.9. The van der Waals surface area contributed by atoms with Gasteiger partial charge in [-0.2, -0.15) is 0 Å². The molecule has 0 aromatic heterocycles. The van der Waals surface area contributed by atoms with Crippen LogP contribution in [0.1, 0.15) is 39.2 Å². The number of hydrogen-bond acceptors (Lipinski definition) is 4. The Balaban J connectivity index is 1.75. The van der Waals surface area contributed by atoms with Gasteiger partial charge >= 0.3 is 6.09 Å². The minimum absolute atomic E-state index is 0.0423. The van der Waals surface area contributed by atoms with Gasteiger partial charge in [0.25, 0.3) is 0 Å². The third-order valence-electron chi connectivity index (χ3n) is 4.84. The molecular weight excluding hydrogens is 356 g/mol. The third-order valence-corrected chi connectivity index (χ3v) is 4.84. The molecule has 1 aromatic rings. The molecule has 7 heteroatoms. The third kappa shape index (κ3) is 6.32. The van der Waals surface area contributed by atoms with Gasteiger partial charge in [-0.05, 0) is 29.9 Å². The SMILES string of the molecule is CN=C(NCCOc1ccccc1C(C)(C)C)NC1CCN(C(=O)OC)CC1. The van der Waals surface area contributed by atoms with Crippen molar-refractivity contribution >= 4 is 12.1 Å². The molecule has 1 aliphatic heterocycles. The van der Waals surface area contributed by atoms with Gasteiger partial charge in [0.1, 0.15) is 12.4 Å². The van der Waals surface area contributed by atoms with E-state index in [0.717, 1.165) is 24.6 Å². The van der Waals surface area contributed by atoms with Crippen LogP contribution in [-0.4, -0.2) is 63.4 Å². The first-order valence-electron chi connectivity index (χ1n) is 9.87. The molecule has 0 saturated carbocycles. The predicted molar refractivity (Wildman–Crippen MR) is 112 cm³/mol. The summed E-state index contributed by atoms with van der Waals surface area (Å²) in [7, 11) is 3.18. The molecule has 1 heterocycles. The van der Waals surface area contributed by atoms with E-state index in [0.29, 0.717) is 26.2 Å². The van der Waals surface area contributed by atoms with Crippen molar-refractivity contribution in [2.75, 3.05) is 40.4 Å². The molecule has 1 aliphatic rings. The maximum absolute atomic E-state index is 11.6. The van der Waals surface area contributed by atoms with Crippen molar-refractivity contribution in [2.45, 2.75) is 45.1 Å². The molecule has 1 saturated heterocycles. The largest absolute Gasteiger partial charge is 0.491 e. The van der Waals surface area contributed by atoms with Crippen LogP contribution in [0.15, 0.2) is 29.3 Å². The summed E-state index contributed by atoms with van der Waals surface area (Å²) in [5.74, 6) is 1.68. The lowest BCUT2D eigenvalue weighted by Gasteiger charge is -2.32. The van der Waals surface area contributed by atoms with Crippen molar-refractivity contribution < 1.29 is 14.3 Å². The molecule has 2 rings (SSSR count). The minimum atomic E-state index is -0.256. The highest BCUT2D eigenvalue weighted by molar-refractivity contribution is 5.80. The van der Waals surface area contributed by atoms with E-state index in [1.54, 1.807) is 11.9 Å². The normalized spacial score (nSPS) is 15.9. The highest BCUT2D eigenvalue weighted by atomic mass is 16.5. The van der Waals surface area contributed by atoms with E-state index >= 15 is 0 Å². The van der Waals surface area contributed by atoms with Gasteiger partial charge in [0.15, 0.2) is 5.96 Å². The zero-order valence-electron chi connectivity index (χ0n) is 17.7. The van der Waals surface area contributed by atoms with Gasteiger partial charge in [-0.25, -0.2) is 4.79 Å². The standard InChI is InChI=1S/C21H34N4O3/c1-21(2,3)17-8-6-7-9-18(17)28-15-12-23-19(22-4)24-16-10-13-25(14-11-16)20(26)27-5/h6-9,16H,10-15H2,1-5H3,(H2,22,23,24). The van der Waals surface area contributed by atoms with E-state index in [2.05, 4.69) is 42.5 Å². The average Bonchev–Trinajstić information content (AvgIpc) is 2.69. The van der Waals surface area contributed by atoms with Gasteiger partial charge in [-0.3, -0.25) is 4.99 Å². The molecule has 28 heavy (non-hydrogen) atoms. The van der Waals surface area contributed by atoms with Gasteiger partial charge in [-0.1, -0.05) is 39.0 Å². The maximum atomic E-state index is 11.6. The number of likely N-dealkylation sites (tertiary alicyclic amines) is 1. The Kier molecular flexibility index (Phi) is 7.96. The zero-order valence-corrected chi connectivity index (χ0v) is 17.7. The van der Waals surface area contributed by atoms with E-state index < -0.39 is 0 Å². The summed E-state index contributed by atoms with van der Waals surface area (Å²) in [6.07, 6.45) is 1.48. The second-order valence-corrected chi connectivity index (χ2v) is 7.97. The Morgan fingerprint density at radius 3 is 2.54 bits per heavy atom. The van der Waals surface area contributed by atoms with Gasteiger partial charge in [0.2, 0.25) is 0 Å². The number of nitrogens with zero attached hydrogens (tertiary/aromatic N) is 2. The molecule has 7 nitrogen and oxygen atoms in total. The number of benzene rings is 1. The number of hydrogen-bond donors (Lipinski definition) is 2. The predicted octanol–water partition coefficient (Wildman–Crippen LogP) is 2.76. The van der Waals surface area contributed by atoms with E-state index in [1.165, 1.54) is 12.7 Å². The summed E-state index contributed by atoms with van der Waals surface area (Å²) >= 11 is 0. The molecule has 2 N–H and O–H groups in total. The number of carbonyl (C=O) groups excluding carboxylic acids is 1. The number of aliphatic imine (C=N–C) groups is 1. The smallest absolute Gasteiger partial charge is 0.409 e. The second kappa shape index (κ2) is 10.2. The molecule has 0 atom stereocenters. The van der Waals surface area contributed by atoms with Crippen LogP contribution >= 0.6 is 0 Å². The number of nitrogens with one attached hydrogen (secondary N) is 2. The summed E-state index contributed by atoms with van der Waals surface area (Å²) in [6.45, 7) is 9.13. The van der Waals surface area contributed by atoms with E-state index in [1.807, 2.05) is 18.2 Å². The van der Waals surface area contributed by atoms with Crippen LogP contribution in [0.4, 0.5) is 4.79 Å². The summed E-state index contributed by atoms with van der Waals surface area (Å²) in [4.78, 5) is 17.6. The van der Waals surface area contributed by atoms with Crippen molar-refractivity contribution in [1.29, 1.82) is 0 Å². The lowest BCUT2D eigenvalue weighted by Crippen LogP contribution is -2.50. The monoisotopic (exact) mass is 390 g/mol. The van der Waals surface area contributed by atoms with Crippen molar-refractivity contribution in [1.82, 2.24) is 15.5 Å². The summed E-state index contributed by atoms with van der Waals surface area (Å²) in [5, 5.41) is 6.72. The molecular formula is C21H34N4O3. The van der Waals surface area contributed by atoms with Crippen molar-refractivity contribution in [3.8, 4) is 5.75 Å². The van der Waals surface area contributed by atoms with Crippen LogP contribution in [0.2, 0.25) is 0 Å². The Bertz CT molecular complexity index is 662. The summed E-state index contributed by atoms with van der Waals surface area (Å²) < 4.78 is 10.8. The minimum Gasteiger partial charge on any atom is -0.491 e. The Morgan fingerprint density at radius 2 is 1.93 bits per heavy atom. The van der Waals surface area contributed by atoms with E-state index in [4.69, 9.17) is 9.47 Å².